The Morgan fingerprint density at radius 3 is 2.33 bits per heavy atom. The number of amides is 2. The highest BCUT2D eigenvalue weighted by atomic mass is 32.1. The van der Waals surface area contributed by atoms with Gasteiger partial charge in [-0.05, 0) is 61.9 Å². The highest BCUT2D eigenvalue weighted by Gasteiger charge is 2.26. The Bertz CT molecular complexity index is 1530. The minimum Gasteiger partial charge on any atom is -0.438 e. The first-order chi connectivity index (χ1) is 19.4. The van der Waals surface area contributed by atoms with Gasteiger partial charge in [0.15, 0.2) is 0 Å². The number of hydrogen-bond donors (Lipinski definition) is 2. The Morgan fingerprint density at radius 1 is 0.975 bits per heavy atom. The number of carbonyl (C=O) groups is 3. The summed E-state index contributed by atoms with van der Waals surface area (Å²) in [6.07, 6.45) is 4.51. The van der Waals surface area contributed by atoms with Gasteiger partial charge < -0.3 is 15.4 Å². The third kappa shape index (κ3) is 6.58. The maximum atomic E-state index is 14.1. The summed E-state index contributed by atoms with van der Waals surface area (Å²) in [7, 11) is 0. The molecule has 4 aromatic rings. The highest BCUT2D eigenvalue weighted by molar-refractivity contribution is 7.09. The molecule has 0 spiro atoms. The van der Waals surface area contributed by atoms with Gasteiger partial charge in [0.05, 0.1) is 11.2 Å². The SMILES string of the molecule is Cc1nc(C(=O)NC2CCC(NC(=O)c3cc(F)cnc3Oc3cccc(-c4ccc(C=O)cc4)c3)CC2)cs1. The van der Waals surface area contributed by atoms with Crippen LogP contribution < -0.4 is 15.4 Å². The number of halogens is 1. The van der Waals surface area contributed by atoms with Gasteiger partial charge in [0.25, 0.3) is 11.8 Å². The lowest BCUT2D eigenvalue weighted by Crippen LogP contribution is -2.44. The van der Waals surface area contributed by atoms with Crippen molar-refractivity contribution < 1.29 is 23.5 Å². The van der Waals surface area contributed by atoms with E-state index < -0.39 is 11.7 Å². The Morgan fingerprint density at radius 2 is 1.68 bits per heavy atom. The fourth-order valence-electron chi connectivity index (χ4n) is 4.65. The molecule has 1 aliphatic carbocycles. The van der Waals surface area contributed by atoms with Crippen molar-refractivity contribution in [2.24, 2.45) is 0 Å². The number of nitrogens with one attached hydrogen (secondary N) is 2. The molecule has 10 heteroatoms. The lowest BCUT2D eigenvalue weighted by Gasteiger charge is -2.29. The van der Waals surface area contributed by atoms with E-state index in [9.17, 15) is 18.8 Å². The van der Waals surface area contributed by atoms with Gasteiger partial charge in [-0.25, -0.2) is 14.4 Å². The zero-order chi connectivity index (χ0) is 28.1. The second kappa shape index (κ2) is 12.2. The maximum absolute atomic E-state index is 14.1. The molecule has 2 heterocycles. The summed E-state index contributed by atoms with van der Waals surface area (Å²) in [6.45, 7) is 1.85. The normalized spacial score (nSPS) is 16.6. The van der Waals surface area contributed by atoms with Crippen molar-refractivity contribution in [3.05, 3.63) is 93.8 Å². The molecule has 2 aromatic heterocycles. The predicted molar refractivity (Wildman–Crippen MR) is 149 cm³/mol. The first-order valence-electron chi connectivity index (χ1n) is 12.9. The Labute approximate surface area is 234 Å². The molecule has 1 aliphatic rings. The molecule has 0 atom stereocenters. The van der Waals surface area contributed by atoms with Crippen LogP contribution in [0.5, 0.6) is 11.6 Å². The van der Waals surface area contributed by atoms with Crippen molar-refractivity contribution in [1.82, 2.24) is 20.6 Å². The number of rotatable bonds is 8. The first-order valence-corrected chi connectivity index (χ1v) is 13.8. The fraction of sp³-hybridized carbons (Fsp3) is 0.233. The molecule has 2 amide bonds. The lowest BCUT2D eigenvalue weighted by molar-refractivity contribution is 0.0888. The number of aromatic nitrogens is 2. The van der Waals surface area contributed by atoms with Gasteiger partial charge in [0, 0.05) is 23.0 Å². The van der Waals surface area contributed by atoms with E-state index in [4.69, 9.17) is 4.74 Å². The molecule has 0 aliphatic heterocycles. The third-order valence-electron chi connectivity index (χ3n) is 6.74. The van der Waals surface area contributed by atoms with Crippen LogP contribution >= 0.6 is 11.3 Å². The van der Waals surface area contributed by atoms with Crippen LogP contribution in [0.3, 0.4) is 0 Å². The fourth-order valence-corrected chi connectivity index (χ4v) is 5.24. The Balaban J connectivity index is 1.22. The average molecular weight is 559 g/mol. The van der Waals surface area contributed by atoms with E-state index in [2.05, 4.69) is 20.6 Å². The van der Waals surface area contributed by atoms with Crippen LogP contribution in [0.4, 0.5) is 4.39 Å². The molecule has 5 rings (SSSR count). The standard InChI is InChI=1S/C30H27FN4O4S/c1-18-33-27(17-40-18)29(38)35-24-11-9-23(10-12-24)34-28(37)26-14-22(31)15-32-30(26)39-25-4-2-3-21(13-25)20-7-5-19(16-36)6-8-20/h2-8,13-17,23-24H,9-12H2,1H3,(H,34,37)(H,35,38). The van der Waals surface area contributed by atoms with Crippen molar-refractivity contribution in [1.29, 1.82) is 0 Å². The topological polar surface area (TPSA) is 110 Å². The van der Waals surface area contributed by atoms with Crippen LogP contribution in [0.2, 0.25) is 0 Å². The number of benzene rings is 2. The summed E-state index contributed by atoms with van der Waals surface area (Å²) in [4.78, 5) is 44.8. The molecule has 0 saturated heterocycles. The zero-order valence-corrected chi connectivity index (χ0v) is 22.5. The first kappa shape index (κ1) is 27.1. The second-order valence-electron chi connectivity index (χ2n) is 9.62. The molecule has 0 bridgehead atoms. The number of hydrogen-bond acceptors (Lipinski definition) is 7. The molecular formula is C30H27FN4O4S. The summed E-state index contributed by atoms with van der Waals surface area (Å²) in [6, 6.07) is 15.3. The van der Waals surface area contributed by atoms with Crippen LogP contribution in [-0.4, -0.2) is 40.2 Å². The summed E-state index contributed by atoms with van der Waals surface area (Å²) in [5.74, 6) is -0.895. The van der Waals surface area contributed by atoms with Crippen molar-refractivity contribution in [2.45, 2.75) is 44.7 Å². The van der Waals surface area contributed by atoms with E-state index >= 15 is 0 Å². The van der Waals surface area contributed by atoms with E-state index in [0.717, 1.165) is 34.7 Å². The van der Waals surface area contributed by atoms with Gasteiger partial charge in [-0.15, -0.1) is 11.3 Å². The molecule has 1 saturated carbocycles. The van der Waals surface area contributed by atoms with Crippen LogP contribution in [-0.2, 0) is 0 Å². The van der Waals surface area contributed by atoms with E-state index in [1.165, 1.54) is 11.3 Å². The summed E-state index contributed by atoms with van der Waals surface area (Å²) < 4.78 is 20.1. The van der Waals surface area contributed by atoms with Crippen molar-refractivity contribution >= 4 is 29.4 Å². The van der Waals surface area contributed by atoms with Gasteiger partial charge in [0.1, 0.15) is 29.1 Å². The number of carbonyl (C=O) groups excluding carboxylic acids is 3. The molecular weight excluding hydrogens is 531 g/mol. The van der Waals surface area contributed by atoms with Crippen molar-refractivity contribution in [3.8, 4) is 22.8 Å². The predicted octanol–water partition coefficient (Wildman–Crippen LogP) is 5.73. The number of aryl methyl sites for hydroxylation is 1. The quantitative estimate of drug-likeness (QED) is 0.267. The van der Waals surface area contributed by atoms with E-state index in [-0.39, 0.29) is 29.4 Å². The molecule has 40 heavy (non-hydrogen) atoms. The highest BCUT2D eigenvalue weighted by Crippen LogP contribution is 2.29. The van der Waals surface area contributed by atoms with Gasteiger partial charge in [-0.1, -0.05) is 36.4 Å². The van der Waals surface area contributed by atoms with Crippen LogP contribution in [0, 0.1) is 12.7 Å². The molecule has 2 aromatic carbocycles. The maximum Gasteiger partial charge on any atom is 0.270 e. The third-order valence-corrected chi connectivity index (χ3v) is 7.51. The number of ether oxygens (including phenoxy) is 1. The smallest absolute Gasteiger partial charge is 0.270 e. The van der Waals surface area contributed by atoms with Gasteiger partial charge in [-0.2, -0.15) is 0 Å². The number of aldehydes is 1. The largest absolute Gasteiger partial charge is 0.438 e. The van der Waals surface area contributed by atoms with Crippen molar-refractivity contribution in [3.63, 3.8) is 0 Å². The van der Waals surface area contributed by atoms with Crippen molar-refractivity contribution in [2.75, 3.05) is 0 Å². The van der Waals surface area contributed by atoms with Gasteiger partial charge in [-0.3, -0.25) is 14.4 Å². The zero-order valence-electron chi connectivity index (χ0n) is 21.7. The van der Waals surface area contributed by atoms with Gasteiger partial charge in [0.2, 0.25) is 5.88 Å². The number of pyridine rings is 1. The Kier molecular flexibility index (Phi) is 8.26. The van der Waals surface area contributed by atoms with Crippen LogP contribution in [0.15, 0.2) is 66.2 Å². The minimum atomic E-state index is -0.648. The number of nitrogens with zero attached hydrogens (tertiary/aromatic N) is 2. The minimum absolute atomic E-state index is 0.000643. The summed E-state index contributed by atoms with van der Waals surface area (Å²) >= 11 is 1.43. The van der Waals surface area contributed by atoms with Crippen LogP contribution in [0.1, 0.15) is 61.9 Å². The van der Waals surface area contributed by atoms with E-state index in [1.54, 1.807) is 35.7 Å². The molecule has 204 valence electrons. The van der Waals surface area contributed by atoms with E-state index in [1.807, 2.05) is 25.1 Å². The summed E-state index contributed by atoms with van der Waals surface area (Å²) in [5, 5.41) is 8.56. The molecule has 0 unspecified atom stereocenters. The molecule has 8 nitrogen and oxygen atoms in total. The number of thiazole rings is 1. The van der Waals surface area contributed by atoms with Gasteiger partial charge >= 0.3 is 0 Å². The molecule has 1 fully saturated rings. The summed E-state index contributed by atoms with van der Waals surface area (Å²) in [5.41, 5.74) is 2.72. The Hall–Kier alpha value is -4.44. The monoisotopic (exact) mass is 558 g/mol. The van der Waals surface area contributed by atoms with E-state index in [0.29, 0.717) is 42.7 Å². The molecule has 0 radical (unpaired) electrons. The van der Waals surface area contributed by atoms with Crippen LogP contribution in [0.25, 0.3) is 11.1 Å². The second-order valence-corrected chi connectivity index (χ2v) is 10.7. The molecule has 2 N–H and O–H groups in total. The average Bonchev–Trinajstić information content (AvgIpc) is 3.41. The lowest BCUT2D eigenvalue weighted by atomic mass is 9.91.